The van der Waals surface area contributed by atoms with Crippen LogP contribution >= 0.6 is 0 Å². The van der Waals surface area contributed by atoms with Gasteiger partial charge in [0.25, 0.3) is 5.91 Å². The van der Waals surface area contributed by atoms with Crippen molar-refractivity contribution in [2.75, 3.05) is 13.1 Å². The largest absolute Gasteiger partial charge is 0.443 e. The summed E-state index contributed by atoms with van der Waals surface area (Å²) < 4.78 is 5.34. The Morgan fingerprint density at radius 2 is 1.77 bits per heavy atom. The van der Waals surface area contributed by atoms with Crippen LogP contribution in [-0.4, -0.2) is 47.1 Å². The Morgan fingerprint density at radius 1 is 1.12 bits per heavy atom. The predicted octanol–water partition coefficient (Wildman–Crippen LogP) is 2.32. The topological polar surface area (TPSA) is 79.0 Å². The van der Waals surface area contributed by atoms with Gasteiger partial charge >= 0.3 is 6.09 Å². The Hall–Kier alpha value is -2.57. The van der Waals surface area contributed by atoms with Crippen molar-refractivity contribution >= 4 is 17.9 Å². The Labute approximate surface area is 154 Å². The molecule has 0 bridgehead atoms. The lowest BCUT2D eigenvalue weighted by Gasteiger charge is -2.31. The highest BCUT2D eigenvalue weighted by Gasteiger charge is 2.36. The van der Waals surface area contributed by atoms with Gasteiger partial charge in [-0.05, 0) is 24.3 Å². The zero-order chi connectivity index (χ0) is 19.1. The average molecular weight is 361 g/mol. The number of carbonyl (C=O) groups is 3. The van der Waals surface area contributed by atoms with Crippen molar-refractivity contribution < 1.29 is 19.1 Å². The molecule has 1 aliphatic heterocycles. The Morgan fingerprint density at radius 3 is 2.38 bits per heavy atom. The van der Waals surface area contributed by atoms with Crippen LogP contribution in [0, 0.1) is 5.92 Å². The molecular formula is C19H27N3O4. The van der Waals surface area contributed by atoms with Crippen LogP contribution in [0.15, 0.2) is 30.3 Å². The fourth-order valence-electron chi connectivity index (χ4n) is 2.94. The van der Waals surface area contributed by atoms with E-state index in [0.29, 0.717) is 25.9 Å². The first-order valence-corrected chi connectivity index (χ1v) is 8.95. The van der Waals surface area contributed by atoms with Crippen molar-refractivity contribution in [1.29, 1.82) is 0 Å². The smallest absolute Gasteiger partial charge is 0.429 e. The quantitative estimate of drug-likeness (QED) is 0.843. The van der Waals surface area contributed by atoms with E-state index >= 15 is 0 Å². The van der Waals surface area contributed by atoms with Gasteiger partial charge in [-0.3, -0.25) is 9.59 Å². The molecule has 0 aromatic heterocycles. The summed E-state index contributed by atoms with van der Waals surface area (Å²) in [6.45, 7) is 6.37. The lowest BCUT2D eigenvalue weighted by Crippen LogP contribution is -2.53. The van der Waals surface area contributed by atoms with Crippen LogP contribution in [0.5, 0.6) is 0 Å². The minimum Gasteiger partial charge on any atom is -0.443 e. The highest BCUT2D eigenvalue weighted by atomic mass is 16.6. The first kappa shape index (κ1) is 19.8. The van der Waals surface area contributed by atoms with Crippen LogP contribution in [0.2, 0.25) is 0 Å². The van der Waals surface area contributed by atoms with Gasteiger partial charge in [0, 0.05) is 20.0 Å². The van der Waals surface area contributed by atoms with E-state index in [0.717, 1.165) is 5.56 Å². The van der Waals surface area contributed by atoms with Crippen molar-refractivity contribution in [3.63, 3.8) is 0 Å². The molecule has 1 aromatic carbocycles. The third-order valence-corrected chi connectivity index (χ3v) is 4.08. The second-order valence-corrected chi connectivity index (χ2v) is 6.86. The molecule has 26 heavy (non-hydrogen) atoms. The number of nitrogens with zero attached hydrogens (tertiary/aromatic N) is 2. The van der Waals surface area contributed by atoms with Gasteiger partial charge in [-0.1, -0.05) is 44.2 Å². The van der Waals surface area contributed by atoms with Crippen molar-refractivity contribution in [3.8, 4) is 0 Å². The van der Waals surface area contributed by atoms with Crippen molar-refractivity contribution in [1.82, 2.24) is 15.3 Å². The zero-order valence-electron chi connectivity index (χ0n) is 15.6. The summed E-state index contributed by atoms with van der Waals surface area (Å²) in [6.07, 6.45) is 0.647. The van der Waals surface area contributed by atoms with E-state index in [9.17, 15) is 14.4 Å². The molecule has 0 saturated carbocycles. The van der Waals surface area contributed by atoms with Gasteiger partial charge in [0.05, 0.1) is 0 Å². The van der Waals surface area contributed by atoms with Gasteiger partial charge in [-0.15, -0.1) is 0 Å². The van der Waals surface area contributed by atoms with E-state index in [4.69, 9.17) is 4.74 Å². The molecule has 142 valence electrons. The molecule has 1 aliphatic rings. The van der Waals surface area contributed by atoms with E-state index in [-0.39, 0.29) is 24.3 Å². The number of hydrogen-bond acceptors (Lipinski definition) is 4. The van der Waals surface area contributed by atoms with Crippen LogP contribution < -0.4 is 5.32 Å². The summed E-state index contributed by atoms with van der Waals surface area (Å²) in [6, 6.07) is 8.74. The van der Waals surface area contributed by atoms with Gasteiger partial charge in [-0.2, -0.15) is 0 Å². The Kier molecular flexibility index (Phi) is 7.00. The summed E-state index contributed by atoms with van der Waals surface area (Å²) >= 11 is 0. The first-order chi connectivity index (χ1) is 12.4. The molecule has 0 radical (unpaired) electrons. The van der Waals surface area contributed by atoms with Crippen LogP contribution in [0.3, 0.4) is 0 Å². The SMILES string of the molecule is CC(=O)N[C@@H](CC(C)C)C(=O)N1CCCN1C(=O)OCc1ccccc1. The molecule has 1 heterocycles. The molecule has 1 aromatic rings. The number of amides is 3. The highest BCUT2D eigenvalue weighted by Crippen LogP contribution is 2.17. The second-order valence-electron chi connectivity index (χ2n) is 6.86. The molecule has 1 fully saturated rings. The second kappa shape index (κ2) is 9.22. The molecule has 0 spiro atoms. The number of benzene rings is 1. The number of hydrogen-bond donors (Lipinski definition) is 1. The molecule has 7 nitrogen and oxygen atoms in total. The maximum absolute atomic E-state index is 12.9. The molecule has 2 rings (SSSR count). The van der Waals surface area contributed by atoms with Crippen molar-refractivity contribution in [2.24, 2.45) is 5.92 Å². The zero-order valence-corrected chi connectivity index (χ0v) is 15.6. The standard InChI is InChI=1S/C19H27N3O4/c1-14(2)12-17(20-15(3)23)18(24)21-10-7-11-22(21)19(25)26-13-16-8-5-4-6-9-16/h4-6,8-9,14,17H,7,10-13H2,1-3H3,(H,20,23)/t17-/m0/s1. The van der Waals surface area contributed by atoms with Crippen LogP contribution in [0.1, 0.15) is 39.2 Å². The Balaban J connectivity index is 2.01. The Bertz CT molecular complexity index is 633. The van der Waals surface area contributed by atoms with Gasteiger partial charge in [0.15, 0.2) is 0 Å². The third-order valence-electron chi connectivity index (χ3n) is 4.08. The molecule has 0 aliphatic carbocycles. The fraction of sp³-hybridized carbons (Fsp3) is 0.526. The summed E-state index contributed by atoms with van der Waals surface area (Å²) in [4.78, 5) is 36.7. The van der Waals surface area contributed by atoms with Crippen molar-refractivity contribution in [3.05, 3.63) is 35.9 Å². The maximum atomic E-state index is 12.9. The number of carbonyl (C=O) groups excluding carboxylic acids is 3. The van der Waals surface area contributed by atoms with Crippen LogP contribution in [0.4, 0.5) is 4.79 Å². The number of ether oxygens (including phenoxy) is 1. The van der Waals surface area contributed by atoms with Gasteiger partial charge in [0.2, 0.25) is 5.91 Å². The fourth-order valence-corrected chi connectivity index (χ4v) is 2.94. The maximum Gasteiger partial charge on any atom is 0.429 e. The summed E-state index contributed by atoms with van der Waals surface area (Å²) in [7, 11) is 0. The predicted molar refractivity (Wildman–Crippen MR) is 96.7 cm³/mol. The molecule has 1 atom stereocenters. The van der Waals surface area contributed by atoms with E-state index in [1.807, 2.05) is 44.2 Å². The molecule has 0 unspecified atom stereocenters. The highest BCUT2D eigenvalue weighted by molar-refractivity contribution is 5.88. The first-order valence-electron chi connectivity index (χ1n) is 8.95. The van der Waals surface area contributed by atoms with E-state index < -0.39 is 12.1 Å². The number of nitrogens with one attached hydrogen (secondary N) is 1. The molecule has 3 amide bonds. The van der Waals surface area contributed by atoms with E-state index in [1.165, 1.54) is 16.9 Å². The van der Waals surface area contributed by atoms with Gasteiger partial charge < -0.3 is 10.1 Å². The van der Waals surface area contributed by atoms with Crippen LogP contribution in [0.25, 0.3) is 0 Å². The molecule has 1 N–H and O–H groups in total. The minimum atomic E-state index is -0.643. The van der Waals surface area contributed by atoms with Gasteiger partial charge in [0.1, 0.15) is 12.6 Å². The van der Waals surface area contributed by atoms with Crippen molar-refractivity contribution in [2.45, 2.75) is 46.3 Å². The summed E-state index contributed by atoms with van der Waals surface area (Å²) in [5.74, 6) is -0.304. The van der Waals surface area contributed by atoms with E-state index in [1.54, 1.807) is 0 Å². The third kappa shape index (κ3) is 5.47. The molecule has 1 saturated heterocycles. The molecule has 7 heteroatoms. The van der Waals surface area contributed by atoms with Gasteiger partial charge in [-0.25, -0.2) is 14.8 Å². The monoisotopic (exact) mass is 361 g/mol. The number of hydrazine groups is 1. The molecular weight excluding hydrogens is 334 g/mol. The minimum absolute atomic E-state index is 0.152. The lowest BCUT2D eigenvalue weighted by molar-refractivity contribution is -0.146. The normalized spacial score (nSPS) is 15.1. The number of rotatable bonds is 6. The van der Waals surface area contributed by atoms with Crippen LogP contribution in [-0.2, 0) is 20.9 Å². The van der Waals surface area contributed by atoms with E-state index in [2.05, 4.69) is 5.32 Å². The summed E-state index contributed by atoms with van der Waals surface area (Å²) in [5.41, 5.74) is 0.883. The lowest BCUT2D eigenvalue weighted by atomic mass is 10.0. The average Bonchev–Trinajstić information content (AvgIpc) is 3.08. The summed E-state index contributed by atoms with van der Waals surface area (Å²) in [5, 5.41) is 5.43.